The van der Waals surface area contributed by atoms with Crippen LogP contribution >= 0.6 is 0 Å². The van der Waals surface area contributed by atoms with Crippen molar-refractivity contribution < 1.29 is 4.79 Å². The monoisotopic (exact) mass is 356 g/mol. The molecular weight excluding hydrogens is 336 g/mol. The maximum atomic E-state index is 11.8. The number of fused-ring (bicyclic) bond motifs is 1. The molecule has 1 amide bonds. The molecule has 1 aromatic heterocycles. The fourth-order valence-electron chi connectivity index (χ4n) is 3.29. The highest BCUT2D eigenvalue weighted by atomic mass is 16.1. The predicted octanol–water partition coefficient (Wildman–Crippen LogP) is 3.81. The molecule has 5 nitrogen and oxygen atoms in total. The van der Waals surface area contributed by atoms with Crippen LogP contribution in [0, 0.1) is 0 Å². The summed E-state index contributed by atoms with van der Waals surface area (Å²) in [5.41, 5.74) is 17.7. The summed E-state index contributed by atoms with van der Waals surface area (Å²) in [5, 5.41) is 0. The van der Waals surface area contributed by atoms with E-state index in [2.05, 4.69) is 4.98 Å². The number of carbonyl (C=O) groups excluding carboxylic acids is 1. The zero-order valence-electron chi connectivity index (χ0n) is 15.0. The Morgan fingerprint density at radius 3 is 2.63 bits per heavy atom. The first kappa shape index (κ1) is 17.0. The fourth-order valence-corrected chi connectivity index (χ4v) is 3.29. The van der Waals surface area contributed by atoms with E-state index in [4.69, 9.17) is 11.5 Å². The van der Waals surface area contributed by atoms with Crippen LogP contribution in [0.5, 0.6) is 0 Å². The van der Waals surface area contributed by atoms with Gasteiger partial charge in [0, 0.05) is 17.3 Å². The van der Waals surface area contributed by atoms with Crippen molar-refractivity contribution in [3.05, 3.63) is 84.2 Å². The van der Waals surface area contributed by atoms with E-state index < -0.39 is 5.91 Å². The van der Waals surface area contributed by atoms with E-state index in [9.17, 15) is 4.79 Å². The molecule has 4 rings (SSSR count). The highest BCUT2D eigenvalue weighted by Crippen LogP contribution is 2.27. The van der Waals surface area contributed by atoms with Crippen molar-refractivity contribution in [3.63, 3.8) is 0 Å². The lowest BCUT2D eigenvalue weighted by molar-refractivity contribution is 0.100. The number of imidazole rings is 1. The molecule has 1 heterocycles. The van der Waals surface area contributed by atoms with Crippen LogP contribution in [0.15, 0.2) is 73.1 Å². The Balaban J connectivity index is 1.82. The van der Waals surface area contributed by atoms with Crippen LogP contribution in [0.1, 0.15) is 28.9 Å². The van der Waals surface area contributed by atoms with Gasteiger partial charge in [0.2, 0.25) is 5.91 Å². The molecular formula is C22H20N4O. The summed E-state index contributed by atoms with van der Waals surface area (Å²) in [6.07, 6.45) is 1.80. The molecule has 0 aliphatic carbocycles. The normalized spacial score (nSPS) is 12.2. The number of hydrogen-bond donors (Lipinski definition) is 2. The van der Waals surface area contributed by atoms with Gasteiger partial charge in [-0.05, 0) is 53.9 Å². The molecule has 0 saturated carbocycles. The largest absolute Gasteiger partial charge is 0.366 e. The minimum Gasteiger partial charge on any atom is -0.366 e. The van der Waals surface area contributed by atoms with E-state index in [1.54, 1.807) is 12.4 Å². The summed E-state index contributed by atoms with van der Waals surface area (Å²) in [4.78, 5) is 16.3. The molecule has 4 N–H and O–H groups in total. The smallest absolute Gasteiger partial charge is 0.249 e. The summed E-state index contributed by atoms with van der Waals surface area (Å²) < 4.78 is 2.02. The van der Waals surface area contributed by atoms with Crippen LogP contribution < -0.4 is 11.5 Å². The molecule has 3 aromatic carbocycles. The van der Waals surface area contributed by atoms with Crippen molar-refractivity contribution in [2.75, 3.05) is 0 Å². The van der Waals surface area contributed by atoms with Gasteiger partial charge in [-0.1, -0.05) is 36.4 Å². The highest BCUT2D eigenvalue weighted by molar-refractivity contribution is 6.00. The van der Waals surface area contributed by atoms with Gasteiger partial charge in [0.1, 0.15) is 6.33 Å². The molecule has 5 heteroatoms. The fraction of sp³-hybridized carbons (Fsp3) is 0.0909. The van der Waals surface area contributed by atoms with E-state index in [0.29, 0.717) is 5.56 Å². The zero-order valence-corrected chi connectivity index (χ0v) is 15.0. The average Bonchev–Trinajstić information content (AvgIpc) is 3.11. The number of hydrogen-bond acceptors (Lipinski definition) is 3. The molecule has 0 fully saturated rings. The van der Waals surface area contributed by atoms with Crippen molar-refractivity contribution in [3.8, 4) is 16.8 Å². The van der Waals surface area contributed by atoms with Crippen LogP contribution in [0.25, 0.3) is 27.8 Å². The first-order valence-corrected chi connectivity index (χ1v) is 8.77. The topological polar surface area (TPSA) is 86.9 Å². The van der Waals surface area contributed by atoms with Gasteiger partial charge in [-0.25, -0.2) is 4.98 Å². The third-order valence-electron chi connectivity index (χ3n) is 4.72. The molecule has 4 aromatic rings. The van der Waals surface area contributed by atoms with E-state index in [0.717, 1.165) is 33.4 Å². The van der Waals surface area contributed by atoms with Crippen LogP contribution in [-0.4, -0.2) is 15.5 Å². The number of nitrogens with zero attached hydrogens (tertiary/aromatic N) is 2. The van der Waals surface area contributed by atoms with E-state index in [-0.39, 0.29) is 6.04 Å². The molecule has 1 atom stereocenters. The second-order valence-electron chi connectivity index (χ2n) is 6.61. The second-order valence-corrected chi connectivity index (χ2v) is 6.61. The van der Waals surface area contributed by atoms with E-state index in [1.165, 1.54) is 0 Å². The van der Waals surface area contributed by atoms with Crippen LogP contribution in [0.3, 0.4) is 0 Å². The van der Waals surface area contributed by atoms with E-state index >= 15 is 0 Å². The Morgan fingerprint density at radius 1 is 1.04 bits per heavy atom. The van der Waals surface area contributed by atoms with Gasteiger partial charge in [-0.3, -0.25) is 9.36 Å². The van der Waals surface area contributed by atoms with Gasteiger partial charge in [0.05, 0.1) is 11.0 Å². The van der Waals surface area contributed by atoms with E-state index in [1.807, 2.05) is 72.2 Å². The van der Waals surface area contributed by atoms with Gasteiger partial charge in [-0.2, -0.15) is 0 Å². The number of nitrogens with two attached hydrogens (primary N) is 2. The number of aromatic nitrogens is 2. The van der Waals surface area contributed by atoms with Crippen LogP contribution in [-0.2, 0) is 0 Å². The van der Waals surface area contributed by atoms with Crippen molar-refractivity contribution in [1.82, 2.24) is 9.55 Å². The maximum Gasteiger partial charge on any atom is 0.249 e. The summed E-state index contributed by atoms with van der Waals surface area (Å²) in [7, 11) is 0. The Labute approximate surface area is 157 Å². The number of carbonyl (C=O) groups is 1. The Hall–Kier alpha value is -3.44. The number of primary amides is 1. The predicted molar refractivity (Wildman–Crippen MR) is 108 cm³/mol. The standard InChI is InChI=1S/C22H20N4O/c1-14(23)15-9-10-21-20(12-15)25-13-26(21)17-6-4-5-16(11-17)18-7-2-3-8-19(18)22(24)27/h2-14H,23H2,1H3,(H2,24,27)/t14-/m1/s1. The summed E-state index contributed by atoms with van der Waals surface area (Å²) >= 11 is 0. The van der Waals surface area contributed by atoms with Crippen LogP contribution in [0.4, 0.5) is 0 Å². The Kier molecular flexibility index (Phi) is 4.22. The zero-order chi connectivity index (χ0) is 19.0. The number of amides is 1. The van der Waals surface area contributed by atoms with Crippen molar-refractivity contribution >= 4 is 16.9 Å². The summed E-state index contributed by atoms with van der Waals surface area (Å²) in [5.74, 6) is -0.437. The van der Waals surface area contributed by atoms with Gasteiger partial charge in [-0.15, -0.1) is 0 Å². The minimum absolute atomic E-state index is 0.0341. The third-order valence-corrected chi connectivity index (χ3v) is 4.72. The molecule has 0 aliphatic rings. The highest BCUT2D eigenvalue weighted by Gasteiger charge is 2.11. The molecule has 27 heavy (non-hydrogen) atoms. The Morgan fingerprint density at radius 2 is 1.85 bits per heavy atom. The lowest BCUT2D eigenvalue weighted by Crippen LogP contribution is -2.12. The van der Waals surface area contributed by atoms with Gasteiger partial charge in [0.15, 0.2) is 0 Å². The maximum absolute atomic E-state index is 11.8. The van der Waals surface area contributed by atoms with Crippen molar-refractivity contribution in [2.45, 2.75) is 13.0 Å². The number of benzene rings is 3. The summed E-state index contributed by atoms with van der Waals surface area (Å²) in [6.45, 7) is 1.96. The molecule has 0 aliphatic heterocycles. The third kappa shape index (κ3) is 3.09. The first-order valence-electron chi connectivity index (χ1n) is 8.77. The molecule has 0 saturated heterocycles. The van der Waals surface area contributed by atoms with Gasteiger partial charge < -0.3 is 11.5 Å². The SMILES string of the molecule is C[C@@H](N)c1ccc2c(c1)ncn2-c1cccc(-c2ccccc2C(N)=O)c1. The minimum atomic E-state index is -0.437. The molecule has 0 radical (unpaired) electrons. The summed E-state index contributed by atoms with van der Waals surface area (Å²) in [6, 6.07) is 21.4. The first-order chi connectivity index (χ1) is 13.0. The molecule has 134 valence electrons. The Bertz CT molecular complexity index is 1140. The quantitative estimate of drug-likeness (QED) is 0.583. The molecule has 0 unspecified atom stereocenters. The average molecular weight is 356 g/mol. The van der Waals surface area contributed by atoms with Crippen molar-refractivity contribution in [1.29, 1.82) is 0 Å². The molecule has 0 spiro atoms. The van der Waals surface area contributed by atoms with Gasteiger partial charge >= 0.3 is 0 Å². The van der Waals surface area contributed by atoms with Crippen LogP contribution in [0.2, 0.25) is 0 Å². The lowest BCUT2D eigenvalue weighted by Gasteiger charge is -2.10. The second kappa shape index (κ2) is 6.70. The lowest BCUT2D eigenvalue weighted by atomic mass is 9.99. The number of rotatable bonds is 4. The molecule has 0 bridgehead atoms. The van der Waals surface area contributed by atoms with Gasteiger partial charge in [0.25, 0.3) is 0 Å². The van der Waals surface area contributed by atoms with Crippen molar-refractivity contribution in [2.24, 2.45) is 11.5 Å².